The van der Waals surface area contributed by atoms with Crippen LogP contribution in [0.15, 0.2) is 17.2 Å². The lowest BCUT2D eigenvalue weighted by atomic mass is 10.2. The number of rotatable bonds is 8. The quantitative estimate of drug-likeness (QED) is 0.696. The number of sulfonamides is 1. The highest BCUT2D eigenvalue weighted by Gasteiger charge is 2.27. The molecule has 0 saturated carbocycles. The van der Waals surface area contributed by atoms with E-state index in [4.69, 9.17) is 0 Å². The van der Waals surface area contributed by atoms with Crippen LogP contribution in [0.3, 0.4) is 0 Å². The van der Waals surface area contributed by atoms with Crippen LogP contribution < -0.4 is 5.32 Å². The first-order valence-corrected chi connectivity index (χ1v) is 10.7. The minimum Gasteiger partial charge on any atom is -0.356 e. The summed E-state index contributed by atoms with van der Waals surface area (Å²) >= 11 is 1.76. The molecule has 0 bridgehead atoms. The van der Waals surface area contributed by atoms with Gasteiger partial charge in [-0.15, -0.1) is 0 Å². The average molecular weight is 360 g/mol. The van der Waals surface area contributed by atoms with E-state index < -0.39 is 10.0 Å². The predicted molar refractivity (Wildman–Crippen MR) is 93.4 cm³/mol. The molecule has 0 spiro atoms. The van der Waals surface area contributed by atoms with E-state index in [0.717, 1.165) is 37.2 Å². The Morgan fingerprint density at radius 1 is 1.30 bits per heavy atom. The minimum absolute atomic E-state index is 0.167. The van der Waals surface area contributed by atoms with Gasteiger partial charge in [0.15, 0.2) is 0 Å². The molecule has 1 saturated heterocycles. The van der Waals surface area contributed by atoms with Crippen molar-refractivity contribution in [3.05, 3.63) is 18.0 Å². The lowest BCUT2D eigenvalue weighted by Gasteiger charge is -2.24. The highest BCUT2D eigenvalue weighted by atomic mass is 32.2. The van der Waals surface area contributed by atoms with Gasteiger partial charge in [0.1, 0.15) is 10.6 Å². The van der Waals surface area contributed by atoms with Gasteiger partial charge in [0.05, 0.1) is 0 Å². The van der Waals surface area contributed by atoms with E-state index in [1.165, 1.54) is 16.6 Å². The minimum atomic E-state index is -3.50. The lowest BCUT2D eigenvalue weighted by Crippen LogP contribution is -2.37. The van der Waals surface area contributed by atoms with Gasteiger partial charge in [-0.25, -0.2) is 8.42 Å². The second-order valence-corrected chi connectivity index (χ2v) is 8.74. The topological polar surface area (TPSA) is 82.3 Å². The molecule has 130 valence electrons. The third kappa shape index (κ3) is 4.99. The number of H-pyrrole nitrogens is 1. The summed E-state index contributed by atoms with van der Waals surface area (Å²) < 4.78 is 26.5. The number of carbonyl (C=O) groups excluding carboxylic acids is 1. The summed E-state index contributed by atoms with van der Waals surface area (Å²) in [6, 6.07) is 1.43. The molecular weight excluding hydrogens is 334 g/mol. The fourth-order valence-electron chi connectivity index (χ4n) is 2.44. The Morgan fingerprint density at radius 2 is 2.04 bits per heavy atom. The fraction of sp³-hybridized carbons (Fsp3) is 0.667. The van der Waals surface area contributed by atoms with Gasteiger partial charge in [0, 0.05) is 37.3 Å². The highest BCUT2D eigenvalue weighted by Crippen LogP contribution is 2.20. The fourth-order valence-corrected chi connectivity index (χ4v) is 5.01. The number of unbranched alkanes of at least 4 members (excludes halogenated alkanes) is 3. The number of thioether (sulfide) groups is 1. The van der Waals surface area contributed by atoms with Gasteiger partial charge in [-0.1, -0.05) is 26.2 Å². The molecule has 1 aliphatic heterocycles. The maximum absolute atomic E-state index is 12.5. The monoisotopic (exact) mass is 359 g/mol. The van der Waals surface area contributed by atoms with Gasteiger partial charge in [-0.2, -0.15) is 16.1 Å². The van der Waals surface area contributed by atoms with Gasteiger partial charge >= 0.3 is 0 Å². The van der Waals surface area contributed by atoms with Gasteiger partial charge in [0.2, 0.25) is 10.0 Å². The molecule has 1 aliphatic rings. The number of carbonyl (C=O) groups is 1. The Bertz CT molecular complexity index is 607. The SMILES string of the molecule is CCCCCCNC(=O)c1cc(S(=O)(=O)N2CCSCC2)c[nH]1. The number of hydrogen-bond donors (Lipinski definition) is 2. The van der Waals surface area contributed by atoms with E-state index in [1.54, 1.807) is 11.8 Å². The lowest BCUT2D eigenvalue weighted by molar-refractivity contribution is 0.0948. The molecule has 0 atom stereocenters. The standard InChI is InChI=1S/C15H25N3O3S2/c1-2-3-4-5-6-16-15(19)14-11-13(12-17-14)23(20,21)18-7-9-22-10-8-18/h11-12,17H,2-10H2,1H3,(H,16,19). The Hall–Kier alpha value is -0.990. The number of aromatic amines is 1. The zero-order valence-corrected chi connectivity index (χ0v) is 15.1. The Morgan fingerprint density at radius 3 is 2.74 bits per heavy atom. The van der Waals surface area contributed by atoms with Crippen LogP contribution in [0, 0.1) is 0 Å². The van der Waals surface area contributed by atoms with Crippen molar-refractivity contribution in [1.82, 2.24) is 14.6 Å². The van der Waals surface area contributed by atoms with Crippen LogP contribution in [0.2, 0.25) is 0 Å². The summed E-state index contributed by atoms with van der Waals surface area (Å²) in [5, 5.41) is 2.82. The van der Waals surface area contributed by atoms with Crippen LogP contribution >= 0.6 is 11.8 Å². The van der Waals surface area contributed by atoms with Crippen molar-refractivity contribution in [2.24, 2.45) is 0 Å². The molecule has 2 heterocycles. The van der Waals surface area contributed by atoms with Crippen molar-refractivity contribution in [2.75, 3.05) is 31.1 Å². The van der Waals surface area contributed by atoms with Crippen molar-refractivity contribution in [3.63, 3.8) is 0 Å². The number of hydrogen-bond acceptors (Lipinski definition) is 4. The van der Waals surface area contributed by atoms with Gasteiger partial charge in [-0.3, -0.25) is 4.79 Å². The summed E-state index contributed by atoms with van der Waals surface area (Å²) in [4.78, 5) is 15.0. The third-order valence-corrected chi connectivity index (χ3v) is 6.64. The van der Waals surface area contributed by atoms with E-state index in [2.05, 4.69) is 17.2 Å². The predicted octanol–water partition coefficient (Wildman–Crippen LogP) is 2.06. The molecule has 1 fully saturated rings. The molecule has 1 aromatic heterocycles. The summed E-state index contributed by atoms with van der Waals surface area (Å²) in [6.45, 7) is 3.80. The number of amides is 1. The van der Waals surface area contributed by atoms with Crippen LogP contribution in [0.25, 0.3) is 0 Å². The zero-order valence-electron chi connectivity index (χ0n) is 13.5. The van der Waals surface area contributed by atoms with Crippen LogP contribution in [0.1, 0.15) is 43.1 Å². The normalized spacial score (nSPS) is 16.4. The average Bonchev–Trinajstić information content (AvgIpc) is 3.06. The smallest absolute Gasteiger partial charge is 0.267 e. The maximum atomic E-state index is 12.5. The van der Waals surface area contributed by atoms with E-state index in [0.29, 0.717) is 25.3 Å². The van der Waals surface area contributed by atoms with Crippen LogP contribution in [-0.2, 0) is 10.0 Å². The molecular formula is C15H25N3O3S2. The van der Waals surface area contributed by atoms with Crippen molar-refractivity contribution >= 4 is 27.7 Å². The van der Waals surface area contributed by atoms with E-state index in [1.807, 2.05) is 0 Å². The summed E-state index contributed by atoms with van der Waals surface area (Å²) in [5.41, 5.74) is 0.297. The molecule has 0 aromatic carbocycles. The van der Waals surface area contributed by atoms with Gasteiger partial charge in [0.25, 0.3) is 5.91 Å². The molecule has 1 aromatic rings. The Labute approximate surface area is 142 Å². The van der Waals surface area contributed by atoms with E-state index in [9.17, 15) is 13.2 Å². The molecule has 6 nitrogen and oxygen atoms in total. The number of nitrogens with one attached hydrogen (secondary N) is 2. The van der Waals surface area contributed by atoms with Crippen molar-refractivity contribution in [1.29, 1.82) is 0 Å². The van der Waals surface area contributed by atoms with Gasteiger partial charge in [-0.05, 0) is 12.5 Å². The Balaban J connectivity index is 1.92. The van der Waals surface area contributed by atoms with Crippen molar-refractivity contribution in [3.8, 4) is 0 Å². The molecule has 1 amide bonds. The largest absolute Gasteiger partial charge is 0.356 e. The summed E-state index contributed by atoms with van der Waals surface area (Å²) in [5.74, 6) is 1.38. The maximum Gasteiger partial charge on any atom is 0.267 e. The second-order valence-electron chi connectivity index (χ2n) is 5.58. The first-order valence-electron chi connectivity index (χ1n) is 8.10. The van der Waals surface area contributed by atoms with Crippen LogP contribution in [-0.4, -0.2) is 54.8 Å². The molecule has 8 heteroatoms. The van der Waals surface area contributed by atoms with E-state index >= 15 is 0 Å². The number of nitrogens with zero attached hydrogens (tertiary/aromatic N) is 1. The first-order chi connectivity index (χ1) is 11.1. The van der Waals surface area contributed by atoms with Crippen LogP contribution in [0.4, 0.5) is 0 Å². The number of aromatic nitrogens is 1. The molecule has 2 rings (SSSR count). The van der Waals surface area contributed by atoms with E-state index in [-0.39, 0.29) is 10.8 Å². The molecule has 0 unspecified atom stereocenters. The molecule has 23 heavy (non-hydrogen) atoms. The molecule has 0 aliphatic carbocycles. The highest BCUT2D eigenvalue weighted by molar-refractivity contribution is 7.99. The first kappa shape index (κ1) is 18.4. The molecule has 0 radical (unpaired) electrons. The summed E-state index contributed by atoms with van der Waals surface area (Å²) in [7, 11) is -3.50. The van der Waals surface area contributed by atoms with Crippen LogP contribution in [0.5, 0.6) is 0 Å². The molecule has 2 N–H and O–H groups in total. The second kappa shape index (κ2) is 8.75. The third-order valence-electron chi connectivity index (χ3n) is 3.82. The van der Waals surface area contributed by atoms with Crippen molar-refractivity contribution < 1.29 is 13.2 Å². The van der Waals surface area contributed by atoms with Gasteiger partial charge < -0.3 is 10.3 Å². The summed E-state index contributed by atoms with van der Waals surface area (Å²) in [6.07, 6.45) is 5.75. The van der Waals surface area contributed by atoms with Crippen molar-refractivity contribution in [2.45, 2.75) is 37.5 Å². The zero-order chi connectivity index (χ0) is 16.7. The Kier molecular flexibility index (Phi) is 6.98.